The molecule has 0 saturated heterocycles. The molecule has 4 heteroatoms. The number of aliphatic hydroxyl groups is 1. The van der Waals surface area contributed by atoms with Crippen molar-refractivity contribution in [2.75, 3.05) is 19.8 Å². The molecule has 9 heavy (non-hydrogen) atoms. The summed E-state index contributed by atoms with van der Waals surface area (Å²) in [6, 6.07) is 0. The van der Waals surface area contributed by atoms with Gasteiger partial charge in [-0.25, -0.2) is 0 Å². The zero-order valence-corrected chi connectivity index (χ0v) is 4.81. The first-order valence-electron chi connectivity index (χ1n) is 2.47. The molecule has 0 amide bonds. The van der Waals surface area contributed by atoms with Gasteiger partial charge in [0.1, 0.15) is 0 Å². The van der Waals surface area contributed by atoms with Crippen LogP contribution in [-0.2, 0) is 4.74 Å². The van der Waals surface area contributed by atoms with Gasteiger partial charge in [-0.3, -0.25) is 0 Å². The lowest BCUT2D eigenvalue weighted by Crippen LogP contribution is -1.98. The first-order chi connectivity index (χ1) is 4.27. The van der Waals surface area contributed by atoms with E-state index in [1.54, 1.807) is 0 Å². The lowest BCUT2D eigenvalue weighted by atomic mass is 10.6. The zero-order valence-electron chi connectivity index (χ0n) is 4.81. The normalized spacial score (nSPS) is 9.22. The highest BCUT2D eigenvalue weighted by atomic mass is 19.3. The standard InChI is InChI=1S/C5H8F2O2/c6-5(7)1-3-9-4-2-8/h1,8H,2-4H2. The van der Waals surface area contributed by atoms with Crippen molar-refractivity contribution in [3.63, 3.8) is 0 Å². The highest BCUT2D eigenvalue weighted by Crippen LogP contribution is 1.94. The minimum absolute atomic E-state index is 0.101. The number of rotatable bonds is 4. The molecule has 2 nitrogen and oxygen atoms in total. The van der Waals surface area contributed by atoms with Crippen LogP contribution in [0.4, 0.5) is 8.78 Å². The maximum Gasteiger partial charge on any atom is 0.268 e. The summed E-state index contributed by atoms with van der Waals surface area (Å²) in [5.41, 5.74) is 0. The minimum atomic E-state index is -1.76. The van der Waals surface area contributed by atoms with Crippen LogP contribution in [0, 0.1) is 0 Å². The summed E-state index contributed by atoms with van der Waals surface area (Å²) in [4.78, 5) is 0. The van der Waals surface area contributed by atoms with E-state index in [0.29, 0.717) is 6.08 Å². The third-order valence-corrected chi connectivity index (χ3v) is 0.591. The average molecular weight is 138 g/mol. The van der Waals surface area contributed by atoms with Crippen molar-refractivity contribution >= 4 is 0 Å². The lowest BCUT2D eigenvalue weighted by molar-refractivity contribution is 0.110. The van der Waals surface area contributed by atoms with E-state index in [2.05, 4.69) is 4.74 Å². The first kappa shape index (κ1) is 8.52. The van der Waals surface area contributed by atoms with E-state index in [1.165, 1.54) is 0 Å². The van der Waals surface area contributed by atoms with Crippen molar-refractivity contribution in [1.29, 1.82) is 0 Å². The smallest absolute Gasteiger partial charge is 0.268 e. The Bertz CT molecular complexity index is 89.0. The zero-order chi connectivity index (χ0) is 7.11. The average Bonchev–Trinajstić information content (AvgIpc) is 1.80. The number of halogens is 2. The maximum absolute atomic E-state index is 11.2. The molecule has 0 saturated carbocycles. The van der Waals surface area contributed by atoms with E-state index in [-0.39, 0.29) is 19.8 Å². The number of hydrogen-bond donors (Lipinski definition) is 1. The highest BCUT2D eigenvalue weighted by molar-refractivity contribution is 4.79. The van der Waals surface area contributed by atoms with E-state index >= 15 is 0 Å². The second-order valence-corrected chi connectivity index (χ2v) is 1.29. The number of ether oxygens (including phenoxy) is 1. The predicted octanol–water partition coefficient (Wildman–Crippen LogP) is 0.776. The van der Waals surface area contributed by atoms with E-state index in [9.17, 15) is 8.78 Å². The summed E-state index contributed by atoms with van der Waals surface area (Å²) >= 11 is 0. The van der Waals surface area contributed by atoms with E-state index in [1.807, 2.05) is 0 Å². The van der Waals surface area contributed by atoms with Gasteiger partial charge < -0.3 is 9.84 Å². The van der Waals surface area contributed by atoms with Crippen LogP contribution >= 0.6 is 0 Å². The maximum atomic E-state index is 11.2. The first-order valence-corrected chi connectivity index (χ1v) is 2.47. The molecule has 0 rings (SSSR count). The molecule has 0 aromatic rings. The van der Waals surface area contributed by atoms with Crippen molar-refractivity contribution in [2.45, 2.75) is 0 Å². The van der Waals surface area contributed by atoms with Gasteiger partial charge in [0.15, 0.2) is 0 Å². The van der Waals surface area contributed by atoms with Crippen LogP contribution in [0.2, 0.25) is 0 Å². The fourth-order valence-electron chi connectivity index (χ4n) is 0.270. The summed E-state index contributed by atoms with van der Waals surface area (Å²) in [7, 11) is 0. The largest absolute Gasteiger partial charge is 0.394 e. The molecule has 0 spiro atoms. The van der Waals surface area contributed by atoms with Gasteiger partial charge in [-0.1, -0.05) is 0 Å². The van der Waals surface area contributed by atoms with E-state index < -0.39 is 6.08 Å². The van der Waals surface area contributed by atoms with Crippen molar-refractivity contribution in [3.8, 4) is 0 Å². The Morgan fingerprint density at radius 2 is 2.22 bits per heavy atom. The number of hydrogen-bond acceptors (Lipinski definition) is 2. The van der Waals surface area contributed by atoms with Crippen molar-refractivity contribution in [1.82, 2.24) is 0 Å². The SMILES string of the molecule is OCCOCC=C(F)F. The molecule has 0 aliphatic carbocycles. The summed E-state index contributed by atoms with van der Waals surface area (Å²) in [5.74, 6) is 0. The summed E-state index contributed by atoms with van der Waals surface area (Å²) in [6.45, 7) is -0.172. The van der Waals surface area contributed by atoms with Crippen molar-refractivity contribution < 1.29 is 18.6 Å². The molecule has 0 heterocycles. The lowest BCUT2D eigenvalue weighted by Gasteiger charge is -1.93. The third kappa shape index (κ3) is 7.52. The van der Waals surface area contributed by atoms with Gasteiger partial charge in [0.2, 0.25) is 0 Å². The summed E-state index contributed by atoms with van der Waals surface area (Å²) in [5, 5.41) is 8.10. The van der Waals surface area contributed by atoms with Crippen LogP contribution in [0.1, 0.15) is 0 Å². The molecule has 0 atom stereocenters. The predicted molar refractivity (Wildman–Crippen MR) is 28.2 cm³/mol. The molecule has 0 radical (unpaired) electrons. The van der Waals surface area contributed by atoms with Gasteiger partial charge in [0.05, 0.1) is 19.8 Å². The van der Waals surface area contributed by atoms with Crippen molar-refractivity contribution in [3.05, 3.63) is 12.2 Å². The second kappa shape index (κ2) is 5.65. The molecule has 54 valence electrons. The molecule has 0 aromatic heterocycles. The van der Waals surface area contributed by atoms with E-state index in [4.69, 9.17) is 5.11 Å². The van der Waals surface area contributed by atoms with Gasteiger partial charge in [-0.2, -0.15) is 8.78 Å². The van der Waals surface area contributed by atoms with Gasteiger partial charge in [0, 0.05) is 6.08 Å². The van der Waals surface area contributed by atoms with Gasteiger partial charge in [0.25, 0.3) is 6.08 Å². The van der Waals surface area contributed by atoms with Crippen LogP contribution in [0.15, 0.2) is 12.2 Å². The van der Waals surface area contributed by atoms with Crippen LogP contribution in [0.5, 0.6) is 0 Å². The van der Waals surface area contributed by atoms with Crippen LogP contribution < -0.4 is 0 Å². The quantitative estimate of drug-likeness (QED) is 0.581. The Morgan fingerprint density at radius 1 is 1.56 bits per heavy atom. The molecule has 0 unspecified atom stereocenters. The van der Waals surface area contributed by atoms with Crippen LogP contribution in [0.25, 0.3) is 0 Å². The molecular formula is C5H8F2O2. The molecule has 0 aromatic carbocycles. The minimum Gasteiger partial charge on any atom is -0.394 e. The van der Waals surface area contributed by atoms with Gasteiger partial charge >= 0.3 is 0 Å². The fourth-order valence-corrected chi connectivity index (χ4v) is 0.270. The fraction of sp³-hybridized carbons (Fsp3) is 0.600. The Hall–Kier alpha value is -0.480. The Kier molecular flexibility index (Phi) is 5.35. The monoisotopic (exact) mass is 138 g/mol. The third-order valence-electron chi connectivity index (χ3n) is 0.591. The molecule has 0 fully saturated rings. The highest BCUT2D eigenvalue weighted by Gasteiger charge is 1.86. The van der Waals surface area contributed by atoms with E-state index in [0.717, 1.165) is 0 Å². The topological polar surface area (TPSA) is 29.5 Å². The van der Waals surface area contributed by atoms with Crippen LogP contribution in [-0.4, -0.2) is 24.9 Å². The Morgan fingerprint density at radius 3 is 2.67 bits per heavy atom. The Labute approximate surface area is 51.7 Å². The molecule has 0 bridgehead atoms. The molecule has 0 aliphatic heterocycles. The summed E-state index contributed by atoms with van der Waals surface area (Å²) in [6.07, 6.45) is -1.11. The van der Waals surface area contributed by atoms with Gasteiger partial charge in [-0.05, 0) is 0 Å². The number of aliphatic hydroxyl groups excluding tert-OH is 1. The van der Waals surface area contributed by atoms with Crippen molar-refractivity contribution in [2.24, 2.45) is 0 Å². The Balaban J connectivity index is 3.00. The van der Waals surface area contributed by atoms with Crippen LogP contribution in [0.3, 0.4) is 0 Å². The molecular weight excluding hydrogens is 130 g/mol. The molecule has 1 N–H and O–H groups in total. The summed E-state index contributed by atoms with van der Waals surface area (Å²) < 4.78 is 26.8. The van der Waals surface area contributed by atoms with Gasteiger partial charge in [-0.15, -0.1) is 0 Å². The second-order valence-electron chi connectivity index (χ2n) is 1.29. The molecule has 0 aliphatic rings.